The number of rotatable bonds is 0. The highest BCUT2D eigenvalue weighted by atomic mass is 16.4. The molecule has 0 aromatic heterocycles. The molecule has 6 heteroatoms. The Labute approximate surface area is 154 Å². The van der Waals surface area contributed by atoms with Crippen LogP contribution in [0, 0.1) is 28.6 Å². The number of aliphatic hydroxyl groups is 6. The molecule has 4 fully saturated rings. The van der Waals surface area contributed by atoms with Gasteiger partial charge in [0.15, 0.2) is 0 Å². The maximum atomic E-state index is 11.7. The largest absolute Gasteiger partial charge is 0.392 e. The van der Waals surface area contributed by atoms with E-state index >= 15 is 0 Å². The lowest BCUT2D eigenvalue weighted by Gasteiger charge is -2.51. The van der Waals surface area contributed by atoms with Crippen LogP contribution in [-0.4, -0.2) is 65.8 Å². The van der Waals surface area contributed by atoms with Gasteiger partial charge in [0.1, 0.15) is 5.60 Å². The summed E-state index contributed by atoms with van der Waals surface area (Å²) in [4.78, 5) is 0. The standard InChI is InChI=1S/C20H34O6/c1-16(2)13(21)7-12-18(4,25)11-6-5-10-15(23)19(11,9-17(10,3)24)8-14(22)20(12,16)26/h10-15,21-26H,5-9H2,1-4H3/t10-,11+,12+,13+,14-,15-,17-,18+,19+,20+/m1/s1. The molecule has 0 heterocycles. The van der Waals surface area contributed by atoms with Crippen LogP contribution in [0.3, 0.4) is 0 Å². The second-order valence-corrected chi connectivity index (χ2v) is 10.7. The number of aliphatic hydroxyl groups excluding tert-OH is 3. The van der Waals surface area contributed by atoms with E-state index in [9.17, 15) is 30.6 Å². The van der Waals surface area contributed by atoms with E-state index in [2.05, 4.69) is 0 Å². The monoisotopic (exact) mass is 370 g/mol. The van der Waals surface area contributed by atoms with Gasteiger partial charge < -0.3 is 30.6 Å². The average molecular weight is 370 g/mol. The molecular weight excluding hydrogens is 336 g/mol. The first-order chi connectivity index (χ1) is 11.7. The van der Waals surface area contributed by atoms with Crippen molar-refractivity contribution in [3.05, 3.63) is 0 Å². The fraction of sp³-hybridized carbons (Fsp3) is 1.00. The molecule has 0 unspecified atom stereocenters. The van der Waals surface area contributed by atoms with E-state index in [0.717, 1.165) is 0 Å². The van der Waals surface area contributed by atoms with Gasteiger partial charge in [-0.1, -0.05) is 13.8 Å². The lowest BCUT2D eigenvalue weighted by Crippen LogP contribution is -2.60. The first kappa shape index (κ1) is 19.1. The van der Waals surface area contributed by atoms with Crippen LogP contribution in [0.2, 0.25) is 0 Å². The number of fused-ring (bicyclic) bond motifs is 2. The zero-order valence-corrected chi connectivity index (χ0v) is 16.2. The Balaban J connectivity index is 1.89. The third-order valence-electron chi connectivity index (χ3n) is 9.26. The van der Waals surface area contributed by atoms with Gasteiger partial charge in [0.2, 0.25) is 0 Å². The predicted molar refractivity (Wildman–Crippen MR) is 94.0 cm³/mol. The minimum Gasteiger partial charge on any atom is -0.392 e. The van der Waals surface area contributed by atoms with Crippen LogP contribution in [0.1, 0.15) is 59.8 Å². The molecular formula is C20H34O6. The molecule has 0 aromatic rings. The fourth-order valence-corrected chi connectivity index (χ4v) is 7.80. The van der Waals surface area contributed by atoms with Gasteiger partial charge in [-0.15, -0.1) is 0 Å². The molecule has 4 rings (SSSR count). The van der Waals surface area contributed by atoms with Crippen LogP contribution < -0.4 is 0 Å². The van der Waals surface area contributed by atoms with Crippen molar-refractivity contribution in [3.8, 4) is 0 Å². The topological polar surface area (TPSA) is 121 Å². The maximum absolute atomic E-state index is 11.7. The third-order valence-corrected chi connectivity index (χ3v) is 9.26. The van der Waals surface area contributed by atoms with Gasteiger partial charge in [0, 0.05) is 22.7 Å². The van der Waals surface area contributed by atoms with E-state index in [1.165, 1.54) is 0 Å². The molecule has 6 N–H and O–H groups in total. The van der Waals surface area contributed by atoms with E-state index in [1.807, 2.05) is 0 Å². The van der Waals surface area contributed by atoms with Gasteiger partial charge >= 0.3 is 0 Å². The molecule has 26 heavy (non-hydrogen) atoms. The number of hydrogen-bond acceptors (Lipinski definition) is 6. The van der Waals surface area contributed by atoms with Crippen molar-refractivity contribution in [1.82, 2.24) is 0 Å². The highest BCUT2D eigenvalue weighted by Crippen LogP contribution is 2.69. The van der Waals surface area contributed by atoms with Crippen molar-refractivity contribution in [2.75, 3.05) is 0 Å². The molecule has 0 radical (unpaired) electrons. The SMILES string of the molecule is CC1(C)[C@@H](O)C[C@H]2[C@@](C)(O)[C@@H]3CC[C@@H]4[C@@H](O)[C@@]3(C[C@@H](O)[C@@]21O)C[C@@]4(C)O. The number of hydrogen-bond donors (Lipinski definition) is 6. The Hall–Kier alpha value is -0.240. The van der Waals surface area contributed by atoms with Gasteiger partial charge in [-0.2, -0.15) is 0 Å². The summed E-state index contributed by atoms with van der Waals surface area (Å²) in [7, 11) is 0. The molecule has 0 aromatic carbocycles. The molecule has 4 saturated carbocycles. The van der Waals surface area contributed by atoms with Crippen LogP contribution in [0.25, 0.3) is 0 Å². The van der Waals surface area contributed by atoms with Gasteiger partial charge in [0.25, 0.3) is 0 Å². The molecule has 1 spiro atoms. The van der Waals surface area contributed by atoms with Crippen LogP contribution in [-0.2, 0) is 0 Å². The van der Waals surface area contributed by atoms with Crippen molar-refractivity contribution in [2.24, 2.45) is 28.6 Å². The Morgan fingerprint density at radius 3 is 2.04 bits per heavy atom. The summed E-state index contributed by atoms with van der Waals surface area (Å²) in [6, 6.07) is 0. The highest BCUT2D eigenvalue weighted by molar-refractivity contribution is 5.25. The predicted octanol–water partition coefficient (Wildman–Crippen LogP) is 0.168. The Morgan fingerprint density at radius 2 is 1.42 bits per heavy atom. The highest BCUT2D eigenvalue weighted by Gasteiger charge is 2.76. The van der Waals surface area contributed by atoms with Crippen molar-refractivity contribution in [3.63, 3.8) is 0 Å². The van der Waals surface area contributed by atoms with Crippen molar-refractivity contribution in [2.45, 2.75) is 94.9 Å². The normalized spacial score (nSPS) is 63.9. The summed E-state index contributed by atoms with van der Waals surface area (Å²) in [5, 5.41) is 67.1. The molecule has 0 saturated heterocycles. The second-order valence-electron chi connectivity index (χ2n) is 10.7. The van der Waals surface area contributed by atoms with Crippen LogP contribution >= 0.6 is 0 Å². The summed E-state index contributed by atoms with van der Waals surface area (Å²) in [6.07, 6.45) is -1.01. The smallest absolute Gasteiger partial charge is 0.104 e. The van der Waals surface area contributed by atoms with Crippen LogP contribution in [0.15, 0.2) is 0 Å². The molecule has 0 amide bonds. The third kappa shape index (κ3) is 1.89. The zero-order valence-electron chi connectivity index (χ0n) is 16.2. The first-order valence-corrected chi connectivity index (χ1v) is 9.94. The lowest BCUT2D eigenvalue weighted by atomic mass is 9.57. The van der Waals surface area contributed by atoms with Crippen LogP contribution in [0.4, 0.5) is 0 Å². The Bertz CT molecular complexity index is 615. The Morgan fingerprint density at radius 1 is 0.808 bits per heavy atom. The maximum Gasteiger partial charge on any atom is 0.104 e. The van der Waals surface area contributed by atoms with Gasteiger partial charge in [0.05, 0.1) is 29.5 Å². The van der Waals surface area contributed by atoms with Crippen LogP contribution in [0.5, 0.6) is 0 Å². The summed E-state index contributed by atoms with van der Waals surface area (Å²) in [5.74, 6) is -1.34. The molecule has 4 aliphatic rings. The molecule has 2 bridgehead atoms. The molecule has 4 aliphatic carbocycles. The summed E-state index contributed by atoms with van der Waals surface area (Å²) < 4.78 is 0. The van der Waals surface area contributed by atoms with E-state index < -0.39 is 51.9 Å². The van der Waals surface area contributed by atoms with Crippen molar-refractivity contribution in [1.29, 1.82) is 0 Å². The van der Waals surface area contributed by atoms with Gasteiger partial charge in [-0.25, -0.2) is 0 Å². The molecule has 0 aliphatic heterocycles. The first-order valence-electron chi connectivity index (χ1n) is 9.94. The van der Waals surface area contributed by atoms with E-state index in [-0.39, 0.29) is 24.7 Å². The second kappa shape index (κ2) is 5.02. The van der Waals surface area contributed by atoms with Crippen molar-refractivity contribution >= 4 is 0 Å². The summed E-state index contributed by atoms with van der Waals surface area (Å²) >= 11 is 0. The molecule has 150 valence electrons. The minimum atomic E-state index is -1.66. The quantitative estimate of drug-likeness (QED) is 0.361. The van der Waals surface area contributed by atoms with E-state index in [1.54, 1.807) is 27.7 Å². The zero-order chi connectivity index (χ0) is 19.5. The van der Waals surface area contributed by atoms with E-state index in [0.29, 0.717) is 19.3 Å². The lowest BCUT2D eigenvalue weighted by molar-refractivity contribution is -0.201. The van der Waals surface area contributed by atoms with Gasteiger partial charge in [-0.05, 0) is 51.9 Å². The minimum absolute atomic E-state index is 0.116. The molecule has 6 nitrogen and oxygen atoms in total. The van der Waals surface area contributed by atoms with E-state index in [4.69, 9.17) is 0 Å². The Kier molecular flexibility index (Phi) is 3.69. The summed E-state index contributed by atoms with van der Waals surface area (Å²) in [5.41, 5.74) is -5.91. The summed E-state index contributed by atoms with van der Waals surface area (Å²) in [6.45, 7) is 6.87. The fourth-order valence-electron chi connectivity index (χ4n) is 7.80. The average Bonchev–Trinajstić information content (AvgIpc) is 2.72. The van der Waals surface area contributed by atoms with Gasteiger partial charge in [-0.3, -0.25) is 0 Å². The molecule has 10 atom stereocenters. The van der Waals surface area contributed by atoms with Crippen molar-refractivity contribution < 1.29 is 30.6 Å².